The van der Waals surface area contributed by atoms with Crippen molar-refractivity contribution in [3.63, 3.8) is 0 Å². The molecule has 3 aliphatic rings. The van der Waals surface area contributed by atoms with Gasteiger partial charge in [-0.25, -0.2) is 0 Å². The number of ether oxygens (including phenoxy) is 2. The highest BCUT2D eigenvalue weighted by molar-refractivity contribution is 5.78. The van der Waals surface area contributed by atoms with E-state index in [1.807, 2.05) is 30.3 Å². The van der Waals surface area contributed by atoms with Crippen LogP contribution in [0.4, 0.5) is 0 Å². The van der Waals surface area contributed by atoms with Crippen LogP contribution in [0.2, 0.25) is 0 Å². The number of likely N-dealkylation sites (N-methyl/N-ethyl adjacent to an activating group) is 1. The van der Waals surface area contributed by atoms with Crippen LogP contribution in [-0.4, -0.2) is 66.7 Å². The van der Waals surface area contributed by atoms with Crippen LogP contribution in [-0.2, 0) is 14.3 Å². The van der Waals surface area contributed by atoms with Gasteiger partial charge in [0.25, 0.3) is 0 Å². The van der Waals surface area contributed by atoms with Gasteiger partial charge < -0.3 is 19.1 Å². The van der Waals surface area contributed by atoms with E-state index in [9.17, 15) is 9.90 Å². The molecule has 23 heavy (non-hydrogen) atoms. The fourth-order valence-corrected chi connectivity index (χ4v) is 4.55. The third-order valence-corrected chi connectivity index (χ3v) is 5.99. The Hall–Kier alpha value is -1.43. The van der Waals surface area contributed by atoms with Crippen molar-refractivity contribution < 1.29 is 23.9 Å². The number of aliphatic hydroxyl groups excluding tert-OH is 1. The number of aliphatic hydroxyl groups is 1. The summed E-state index contributed by atoms with van der Waals surface area (Å²) in [6.45, 7) is -0.224. The second-order valence-electron chi connectivity index (χ2n) is 7.51. The lowest BCUT2D eigenvalue weighted by molar-refractivity contribution is -0.938. The van der Waals surface area contributed by atoms with Gasteiger partial charge in [0.1, 0.15) is 36.3 Å². The number of carbonyl (C=O) groups is 1. The number of fused-ring (bicyclic) bond motifs is 5. The van der Waals surface area contributed by atoms with Crippen LogP contribution in [0.25, 0.3) is 0 Å². The Morgan fingerprint density at radius 3 is 2.43 bits per heavy atom. The molecular weight excluding hydrogens is 294 g/mol. The Balaban J connectivity index is 1.44. The van der Waals surface area contributed by atoms with E-state index in [0.717, 1.165) is 22.9 Å². The van der Waals surface area contributed by atoms with Crippen LogP contribution in [0, 0.1) is 0 Å². The number of benzene rings is 1. The van der Waals surface area contributed by atoms with Crippen molar-refractivity contribution in [2.45, 2.75) is 49.2 Å². The maximum atomic E-state index is 12.5. The topological polar surface area (TPSA) is 59.1 Å². The zero-order valence-electron chi connectivity index (χ0n) is 13.6. The molecule has 2 bridgehead atoms. The standard InChI is InChI=1S/C18H24NO4/c1-19(2)14-8-12(9-15(19)17-16(14)23-17)22-18(21)13(10-20)11-6-4-3-5-7-11/h3-7,12-17,20H,8-10H2,1-2H3/q+1/t12?,13?,14-,15-,16?,17?/m0/s1. The Bertz CT molecular complexity index is 582. The van der Waals surface area contributed by atoms with Crippen LogP contribution < -0.4 is 0 Å². The zero-order chi connectivity index (χ0) is 16.2. The number of morpholine rings is 1. The average Bonchev–Trinajstić information content (AvgIpc) is 3.27. The number of carbonyl (C=O) groups excluding carboxylic acids is 1. The van der Waals surface area contributed by atoms with Crippen LogP contribution >= 0.6 is 0 Å². The van der Waals surface area contributed by atoms with Gasteiger partial charge in [-0.2, -0.15) is 0 Å². The molecule has 124 valence electrons. The monoisotopic (exact) mass is 318 g/mol. The number of epoxide rings is 1. The highest BCUT2D eigenvalue weighted by atomic mass is 16.6. The fourth-order valence-electron chi connectivity index (χ4n) is 4.55. The maximum Gasteiger partial charge on any atom is 0.316 e. The van der Waals surface area contributed by atoms with E-state index in [4.69, 9.17) is 9.47 Å². The van der Waals surface area contributed by atoms with Crippen LogP contribution in [0.1, 0.15) is 24.3 Å². The van der Waals surface area contributed by atoms with Crippen molar-refractivity contribution in [1.82, 2.24) is 0 Å². The molecule has 3 heterocycles. The third-order valence-electron chi connectivity index (χ3n) is 5.99. The largest absolute Gasteiger partial charge is 0.461 e. The first-order valence-corrected chi connectivity index (χ1v) is 8.37. The first-order valence-electron chi connectivity index (χ1n) is 8.37. The van der Waals surface area contributed by atoms with Gasteiger partial charge in [-0.05, 0) is 5.56 Å². The minimum absolute atomic E-state index is 0.0576. The van der Waals surface area contributed by atoms with Crippen molar-refractivity contribution in [2.24, 2.45) is 0 Å². The highest BCUT2D eigenvalue weighted by Crippen LogP contribution is 2.51. The van der Waals surface area contributed by atoms with E-state index in [0.29, 0.717) is 24.3 Å². The molecule has 3 aliphatic heterocycles. The molecule has 0 radical (unpaired) electrons. The van der Waals surface area contributed by atoms with Gasteiger partial charge >= 0.3 is 5.97 Å². The Labute approximate surface area is 136 Å². The smallest absolute Gasteiger partial charge is 0.316 e. The number of hydrogen-bond acceptors (Lipinski definition) is 4. The van der Waals surface area contributed by atoms with Crippen molar-refractivity contribution >= 4 is 5.97 Å². The third kappa shape index (κ3) is 2.38. The number of esters is 1. The van der Waals surface area contributed by atoms with Gasteiger partial charge in [-0.1, -0.05) is 30.3 Å². The van der Waals surface area contributed by atoms with Gasteiger partial charge in [0.2, 0.25) is 0 Å². The van der Waals surface area contributed by atoms with E-state index in [1.165, 1.54) is 0 Å². The number of piperidine rings is 1. The van der Waals surface area contributed by atoms with Crippen molar-refractivity contribution in [3.05, 3.63) is 35.9 Å². The van der Waals surface area contributed by atoms with Crippen LogP contribution in [0.15, 0.2) is 30.3 Å². The summed E-state index contributed by atoms with van der Waals surface area (Å²) >= 11 is 0. The van der Waals surface area contributed by atoms with E-state index in [1.54, 1.807) is 0 Å². The second kappa shape index (κ2) is 5.30. The Morgan fingerprint density at radius 2 is 1.87 bits per heavy atom. The Kier molecular flexibility index (Phi) is 3.48. The molecule has 5 atom stereocenters. The molecule has 0 aromatic heterocycles. The van der Waals surface area contributed by atoms with Crippen LogP contribution in [0.5, 0.6) is 0 Å². The summed E-state index contributed by atoms with van der Waals surface area (Å²) in [7, 11) is 4.51. The lowest BCUT2D eigenvalue weighted by Crippen LogP contribution is -2.60. The summed E-state index contributed by atoms with van der Waals surface area (Å²) in [5.41, 5.74) is 0.807. The van der Waals surface area contributed by atoms with Gasteiger partial charge in [-0.15, -0.1) is 0 Å². The maximum absolute atomic E-state index is 12.5. The molecule has 3 fully saturated rings. The summed E-state index contributed by atoms with van der Waals surface area (Å²) in [6.07, 6.45) is 2.34. The van der Waals surface area contributed by atoms with Crippen molar-refractivity contribution in [3.8, 4) is 0 Å². The van der Waals surface area contributed by atoms with E-state index in [-0.39, 0.29) is 18.7 Å². The quantitative estimate of drug-likeness (QED) is 0.512. The number of rotatable bonds is 4. The van der Waals surface area contributed by atoms with Gasteiger partial charge in [0.15, 0.2) is 0 Å². The molecule has 0 amide bonds. The van der Waals surface area contributed by atoms with Gasteiger partial charge in [0, 0.05) is 12.8 Å². The molecule has 1 aromatic carbocycles. The molecule has 4 rings (SSSR count). The first-order chi connectivity index (χ1) is 11.0. The molecule has 1 aromatic rings. The predicted molar refractivity (Wildman–Crippen MR) is 83.7 cm³/mol. The molecule has 1 N–H and O–H groups in total. The minimum atomic E-state index is -0.593. The second-order valence-corrected chi connectivity index (χ2v) is 7.51. The summed E-state index contributed by atoms with van der Waals surface area (Å²) < 4.78 is 12.5. The molecule has 0 aliphatic carbocycles. The molecular formula is C18H24NO4+. The summed E-state index contributed by atoms with van der Waals surface area (Å²) in [6, 6.07) is 10.2. The SMILES string of the molecule is C[N+]1(C)[C@H]2CC(OC(=O)C(CO)c3ccccc3)C[C@H]1C1OC12. The van der Waals surface area contributed by atoms with Crippen molar-refractivity contribution in [1.29, 1.82) is 0 Å². The van der Waals surface area contributed by atoms with Crippen LogP contribution in [0.3, 0.4) is 0 Å². The summed E-state index contributed by atoms with van der Waals surface area (Å²) in [5, 5.41) is 9.60. The van der Waals surface area contributed by atoms with E-state index >= 15 is 0 Å². The molecule has 5 heteroatoms. The lowest BCUT2D eigenvalue weighted by atomic mass is 9.95. The number of hydrogen-bond donors (Lipinski definition) is 1. The minimum Gasteiger partial charge on any atom is -0.461 e. The molecule has 3 unspecified atom stereocenters. The van der Waals surface area contributed by atoms with E-state index in [2.05, 4.69) is 14.1 Å². The Morgan fingerprint density at radius 1 is 1.26 bits per heavy atom. The van der Waals surface area contributed by atoms with Gasteiger partial charge in [-0.3, -0.25) is 4.79 Å². The molecule has 5 nitrogen and oxygen atoms in total. The number of nitrogens with zero attached hydrogens (tertiary/aromatic N) is 1. The molecule has 0 spiro atoms. The highest BCUT2D eigenvalue weighted by Gasteiger charge is 2.70. The van der Waals surface area contributed by atoms with Gasteiger partial charge in [0.05, 0.1) is 20.7 Å². The summed E-state index contributed by atoms with van der Waals surface area (Å²) in [4.78, 5) is 12.5. The first kappa shape index (κ1) is 15.1. The molecule has 3 saturated heterocycles. The lowest BCUT2D eigenvalue weighted by Gasteiger charge is -2.45. The number of quaternary nitrogens is 1. The average molecular weight is 318 g/mol. The normalized spacial score (nSPS) is 37.8. The van der Waals surface area contributed by atoms with Crippen molar-refractivity contribution in [2.75, 3.05) is 20.7 Å². The zero-order valence-corrected chi connectivity index (χ0v) is 13.6. The van der Waals surface area contributed by atoms with E-state index < -0.39 is 5.92 Å². The predicted octanol–water partition coefficient (Wildman–Crippen LogP) is 1.06. The fraction of sp³-hybridized carbons (Fsp3) is 0.611. The summed E-state index contributed by atoms with van der Waals surface area (Å²) in [5.74, 6) is -0.908. The molecule has 0 saturated carbocycles.